The Bertz CT molecular complexity index is 379. The molecule has 18 heavy (non-hydrogen) atoms. The molecule has 2 rings (SSSR count). The summed E-state index contributed by atoms with van der Waals surface area (Å²) < 4.78 is 6.16. The number of hydrogen-bond acceptors (Lipinski definition) is 2. The minimum Gasteiger partial charge on any atom is -0.490 e. The third-order valence-electron chi connectivity index (χ3n) is 3.82. The van der Waals surface area contributed by atoms with Gasteiger partial charge in [-0.15, -0.1) is 0 Å². The Labute approximate surface area is 111 Å². The van der Waals surface area contributed by atoms with Crippen molar-refractivity contribution in [3.63, 3.8) is 0 Å². The van der Waals surface area contributed by atoms with Crippen molar-refractivity contribution < 1.29 is 4.74 Å². The van der Waals surface area contributed by atoms with Gasteiger partial charge in [0.1, 0.15) is 5.75 Å². The molecule has 2 heteroatoms. The second-order valence-electron chi connectivity index (χ2n) is 5.55. The van der Waals surface area contributed by atoms with E-state index in [1.807, 2.05) is 6.92 Å². The Morgan fingerprint density at radius 1 is 1.17 bits per heavy atom. The Morgan fingerprint density at radius 3 is 2.39 bits per heavy atom. The molecule has 0 aliphatic heterocycles. The highest BCUT2D eigenvalue weighted by atomic mass is 16.5. The van der Waals surface area contributed by atoms with Gasteiger partial charge < -0.3 is 10.5 Å². The maximum absolute atomic E-state index is 6.16. The molecule has 1 aromatic rings. The summed E-state index contributed by atoms with van der Waals surface area (Å²) in [4.78, 5) is 0. The lowest BCUT2D eigenvalue weighted by Crippen LogP contribution is -2.16. The fraction of sp³-hybridized carbons (Fsp3) is 0.625. The molecule has 0 amide bonds. The van der Waals surface area contributed by atoms with E-state index in [0.29, 0.717) is 6.10 Å². The van der Waals surface area contributed by atoms with Crippen molar-refractivity contribution in [2.24, 2.45) is 5.73 Å². The zero-order valence-corrected chi connectivity index (χ0v) is 11.6. The van der Waals surface area contributed by atoms with Crippen LogP contribution in [-0.4, -0.2) is 6.10 Å². The molecule has 1 aliphatic rings. The molecule has 1 aliphatic carbocycles. The summed E-state index contributed by atoms with van der Waals surface area (Å²) in [6.07, 6.45) is 8.16. The molecule has 0 saturated heterocycles. The zero-order chi connectivity index (χ0) is 13.0. The Morgan fingerprint density at radius 2 is 1.83 bits per heavy atom. The van der Waals surface area contributed by atoms with Crippen molar-refractivity contribution in [3.8, 4) is 5.75 Å². The lowest BCUT2D eigenvalue weighted by Gasteiger charge is -2.19. The van der Waals surface area contributed by atoms with E-state index in [-0.39, 0.29) is 6.04 Å². The molecule has 1 saturated carbocycles. The largest absolute Gasteiger partial charge is 0.490 e. The average molecular weight is 247 g/mol. The summed E-state index contributed by atoms with van der Waals surface area (Å²) in [5, 5.41) is 0. The van der Waals surface area contributed by atoms with Crippen molar-refractivity contribution >= 4 is 0 Å². The Hall–Kier alpha value is -1.02. The minimum atomic E-state index is 0.0932. The Balaban J connectivity index is 2.04. The molecule has 1 unspecified atom stereocenters. The van der Waals surface area contributed by atoms with Crippen molar-refractivity contribution in [3.05, 3.63) is 29.3 Å². The molecule has 2 N–H and O–H groups in total. The van der Waals surface area contributed by atoms with Gasteiger partial charge in [-0.2, -0.15) is 0 Å². The maximum Gasteiger partial charge on any atom is 0.122 e. The molecule has 1 aromatic carbocycles. The predicted molar refractivity (Wildman–Crippen MR) is 75.9 cm³/mol. The normalized spacial score (nSPS) is 19.3. The SMILES string of the molecule is Cc1cc(C(C)N)ccc1OC1CCCCCC1. The van der Waals surface area contributed by atoms with Crippen LogP contribution in [0.4, 0.5) is 0 Å². The van der Waals surface area contributed by atoms with E-state index < -0.39 is 0 Å². The first-order chi connectivity index (χ1) is 8.66. The van der Waals surface area contributed by atoms with E-state index >= 15 is 0 Å². The van der Waals surface area contributed by atoms with E-state index in [1.165, 1.54) is 49.7 Å². The first kappa shape index (κ1) is 13.4. The Kier molecular flexibility index (Phi) is 4.65. The van der Waals surface area contributed by atoms with Gasteiger partial charge in [-0.25, -0.2) is 0 Å². The van der Waals surface area contributed by atoms with E-state index in [1.54, 1.807) is 0 Å². The fourth-order valence-corrected chi connectivity index (χ4v) is 2.63. The van der Waals surface area contributed by atoms with Crippen LogP contribution in [0.1, 0.15) is 62.6 Å². The van der Waals surface area contributed by atoms with Gasteiger partial charge in [-0.05, 0) is 56.7 Å². The van der Waals surface area contributed by atoms with Gasteiger partial charge in [-0.3, -0.25) is 0 Å². The van der Waals surface area contributed by atoms with Gasteiger partial charge in [0.15, 0.2) is 0 Å². The second kappa shape index (κ2) is 6.24. The van der Waals surface area contributed by atoms with Crippen molar-refractivity contribution in [2.75, 3.05) is 0 Å². The molecule has 0 spiro atoms. The topological polar surface area (TPSA) is 35.2 Å². The van der Waals surface area contributed by atoms with Gasteiger partial charge in [0.25, 0.3) is 0 Å². The standard InChI is InChI=1S/C16H25NO/c1-12-11-14(13(2)17)9-10-16(12)18-15-7-5-3-4-6-8-15/h9-11,13,15H,3-8,17H2,1-2H3. The smallest absolute Gasteiger partial charge is 0.122 e. The molecule has 100 valence electrons. The highest BCUT2D eigenvalue weighted by molar-refractivity contribution is 5.37. The van der Waals surface area contributed by atoms with Gasteiger partial charge in [0.05, 0.1) is 6.10 Å². The number of ether oxygens (including phenoxy) is 1. The van der Waals surface area contributed by atoms with Crippen LogP contribution in [0.15, 0.2) is 18.2 Å². The van der Waals surface area contributed by atoms with Crippen LogP contribution in [0.25, 0.3) is 0 Å². The second-order valence-corrected chi connectivity index (χ2v) is 5.55. The molecule has 0 radical (unpaired) electrons. The molecular formula is C16H25NO. The van der Waals surface area contributed by atoms with Crippen molar-refractivity contribution in [1.82, 2.24) is 0 Å². The van der Waals surface area contributed by atoms with Crippen LogP contribution in [0.3, 0.4) is 0 Å². The predicted octanol–water partition coefficient (Wildman–Crippen LogP) is 4.12. The van der Waals surface area contributed by atoms with E-state index in [9.17, 15) is 0 Å². The summed E-state index contributed by atoms with van der Waals surface area (Å²) >= 11 is 0. The zero-order valence-electron chi connectivity index (χ0n) is 11.6. The van der Waals surface area contributed by atoms with Crippen LogP contribution in [-0.2, 0) is 0 Å². The number of aryl methyl sites for hydroxylation is 1. The van der Waals surface area contributed by atoms with E-state index in [4.69, 9.17) is 10.5 Å². The summed E-state index contributed by atoms with van der Waals surface area (Å²) in [6, 6.07) is 6.41. The van der Waals surface area contributed by atoms with Gasteiger partial charge >= 0.3 is 0 Å². The van der Waals surface area contributed by atoms with Crippen LogP contribution in [0.2, 0.25) is 0 Å². The summed E-state index contributed by atoms with van der Waals surface area (Å²) in [6.45, 7) is 4.12. The van der Waals surface area contributed by atoms with E-state index in [2.05, 4.69) is 25.1 Å². The number of hydrogen-bond donors (Lipinski definition) is 1. The quantitative estimate of drug-likeness (QED) is 0.816. The first-order valence-electron chi connectivity index (χ1n) is 7.19. The molecule has 0 heterocycles. The van der Waals surface area contributed by atoms with Gasteiger partial charge in [-0.1, -0.05) is 25.0 Å². The number of rotatable bonds is 3. The highest BCUT2D eigenvalue weighted by Crippen LogP contribution is 2.26. The van der Waals surface area contributed by atoms with Gasteiger partial charge in [0, 0.05) is 6.04 Å². The summed E-state index contributed by atoms with van der Waals surface area (Å²) in [5.41, 5.74) is 8.28. The average Bonchev–Trinajstić information content (AvgIpc) is 2.60. The van der Waals surface area contributed by atoms with E-state index in [0.717, 1.165) is 5.75 Å². The molecule has 0 bridgehead atoms. The van der Waals surface area contributed by atoms with Crippen LogP contribution in [0, 0.1) is 6.92 Å². The fourth-order valence-electron chi connectivity index (χ4n) is 2.63. The van der Waals surface area contributed by atoms with Crippen LogP contribution >= 0.6 is 0 Å². The molecule has 0 aromatic heterocycles. The number of benzene rings is 1. The summed E-state index contributed by atoms with van der Waals surface area (Å²) in [7, 11) is 0. The monoisotopic (exact) mass is 247 g/mol. The summed E-state index contributed by atoms with van der Waals surface area (Å²) in [5.74, 6) is 1.03. The third-order valence-corrected chi connectivity index (χ3v) is 3.82. The van der Waals surface area contributed by atoms with Crippen molar-refractivity contribution in [1.29, 1.82) is 0 Å². The maximum atomic E-state index is 6.16. The lowest BCUT2D eigenvalue weighted by molar-refractivity contribution is 0.182. The first-order valence-corrected chi connectivity index (χ1v) is 7.19. The lowest BCUT2D eigenvalue weighted by atomic mass is 10.1. The number of nitrogens with two attached hydrogens (primary N) is 1. The van der Waals surface area contributed by atoms with Crippen LogP contribution in [0.5, 0.6) is 5.75 Å². The molecule has 1 atom stereocenters. The third kappa shape index (κ3) is 3.49. The molecular weight excluding hydrogens is 222 g/mol. The molecule has 1 fully saturated rings. The van der Waals surface area contributed by atoms with Gasteiger partial charge in [0.2, 0.25) is 0 Å². The highest BCUT2D eigenvalue weighted by Gasteiger charge is 2.15. The van der Waals surface area contributed by atoms with Crippen molar-refractivity contribution in [2.45, 2.75) is 64.5 Å². The molecule has 2 nitrogen and oxygen atoms in total. The minimum absolute atomic E-state index is 0.0932. The van der Waals surface area contributed by atoms with Crippen LogP contribution < -0.4 is 10.5 Å².